The molecule has 0 aromatic heterocycles. The van der Waals surface area contributed by atoms with Crippen LogP contribution in [-0.2, 0) is 0 Å². The summed E-state index contributed by atoms with van der Waals surface area (Å²) in [6.45, 7) is 0. The molecule has 0 saturated heterocycles. The van der Waals surface area contributed by atoms with Gasteiger partial charge in [-0.2, -0.15) is 0 Å². The maximum atomic E-state index is 14.1. The number of hydrogen-bond acceptors (Lipinski definition) is 0. The van der Waals surface area contributed by atoms with Crippen molar-refractivity contribution in [3.63, 3.8) is 0 Å². The van der Waals surface area contributed by atoms with E-state index in [2.05, 4.69) is 0 Å². The molecule has 0 heterocycles. The Morgan fingerprint density at radius 3 is 0.559 bits per heavy atom. The molecule has 0 bridgehead atoms. The fourth-order valence-corrected chi connectivity index (χ4v) is 12.6. The summed E-state index contributed by atoms with van der Waals surface area (Å²) in [6.07, 6.45) is 0. The van der Waals surface area contributed by atoms with Gasteiger partial charge in [0, 0.05) is 0 Å². The first-order valence-corrected chi connectivity index (χ1v) is 21.4. The second-order valence-electron chi connectivity index (χ2n) is 7.39. The fraction of sp³-hybridized carbons (Fsp3) is 0. The van der Waals surface area contributed by atoms with Crippen LogP contribution in [-0.4, -0.2) is 35.4 Å². The van der Waals surface area contributed by atoms with Crippen LogP contribution in [0.4, 0.5) is 23.1 Å². The standard InChI is InChI=1S/2C12H10F4Te/c2*13-17(14,15,16,11-7-3-1-4-8-11)12-9-5-2-6-10-12/h2*1-10H. The zero-order valence-electron chi connectivity index (χ0n) is 17.4. The van der Waals surface area contributed by atoms with Crippen molar-refractivity contribution in [2.75, 3.05) is 0 Å². The molecular formula is C24H20F8Te2. The predicted molar refractivity (Wildman–Crippen MR) is 125 cm³/mol. The SMILES string of the molecule is F[Te](F)(F)(F)(c1ccccc1)c1ccccc1.F[Te](F)(F)(F)(c1ccccc1)c1ccccc1. The number of rotatable bonds is 4. The molecule has 34 heavy (non-hydrogen) atoms. The van der Waals surface area contributed by atoms with Crippen molar-refractivity contribution in [1.82, 2.24) is 0 Å². The van der Waals surface area contributed by atoms with Crippen molar-refractivity contribution in [1.29, 1.82) is 0 Å². The predicted octanol–water partition coefficient (Wildman–Crippen LogP) is 6.04. The molecular weight excluding hydrogens is 695 g/mol. The van der Waals surface area contributed by atoms with Crippen LogP contribution in [0, 0.1) is 0 Å². The van der Waals surface area contributed by atoms with E-state index in [1.807, 2.05) is 0 Å². The van der Waals surface area contributed by atoms with Crippen molar-refractivity contribution in [3.05, 3.63) is 121 Å². The van der Waals surface area contributed by atoms with Gasteiger partial charge in [0.1, 0.15) is 0 Å². The minimum atomic E-state index is -9.31. The van der Waals surface area contributed by atoms with E-state index in [1.165, 1.54) is 72.8 Å². The van der Waals surface area contributed by atoms with Gasteiger partial charge in [-0.1, -0.05) is 0 Å². The normalized spacial score (nSPS) is 16.0. The van der Waals surface area contributed by atoms with Crippen molar-refractivity contribution < 1.29 is 23.1 Å². The Balaban J connectivity index is 0.000000191. The third kappa shape index (κ3) is 5.11. The zero-order chi connectivity index (χ0) is 25.3. The van der Waals surface area contributed by atoms with Crippen LogP contribution in [0.5, 0.6) is 0 Å². The van der Waals surface area contributed by atoms with Gasteiger partial charge in [0.25, 0.3) is 0 Å². The summed E-state index contributed by atoms with van der Waals surface area (Å²) in [5.41, 5.74) is 0. The summed E-state index contributed by atoms with van der Waals surface area (Å²) in [7, 11) is 0. The van der Waals surface area contributed by atoms with Gasteiger partial charge in [-0.25, -0.2) is 0 Å². The molecule has 0 fully saturated rings. The van der Waals surface area contributed by atoms with Crippen molar-refractivity contribution in [2.45, 2.75) is 0 Å². The Morgan fingerprint density at radius 1 is 0.265 bits per heavy atom. The molecule has 0 amide bonds. The Labute approximate surface area is 193 Å². The van der Waals surface area contributed by atoms with E-state index in [9.17, 15) is 23.1 Å². The van der Waals surface area contributed by atoms with E-state index in [-0.39, 0.29) is 0 Å². The van der Waals surface area contributed by atoms with Crippen LogP contribution in [0.1, 0.15) is 0 Å². The number of benzene rings is 4. The van der Waals surface area contributed by atoms with Crippen LogP contribution in [0.2, 0.25) is 0 Å². The second-order valence-corrected chi connectivity index (χ2v) is 25.0. The molecule has 0 N–H and O–H groups in total. The van der Waals surface area contributed by atoms with Gasteiger partial charge in [0.15, 0.2) is 0 Å². The fourth-order valence-electron chi connectivity index (χ4n) is 3.05. The molecule has 0 aliphatic rings. The average molecular weight is 716 g/mol. The molecule has 0 saturated carbocycles. The molecule has 10 heteroatoms. The van der Waals surface area contributed by atoms with E-state index < -0.39 is 49.9 Å². The third-order valence-corrected chi connectivity index (χ3v) is 18.8. The molecule has 4 aromatic carbocycles. The van der Waals surface area contributed by atoms with Gasteiger partial charge in [-0.05, 0) is 0 Å². The van der Waals surface area contributed by atoms with Crippen LogP contribution in [0.25, 0.3) is 0 Å². The van der Waals surface area contributed by atoms with Gasteiger partial charge in [-0.15, -0.1) is 0 Å². The van der Waals surface area contributed by atoms with E-state index in [4.69, 9.17) is 0 Å². The Kier molecular flexibility index (Phi) is 6.00. The molecule has 4 aromatic rings. The summed E-state index contributed by atoms with van der Waals surface area (Å²) in [5, 5.41) is 0. The summed E-state index contributed by atoms with van der Waals surface area (Å²) in [4.78, 5) is 0. The molecule has 0 aliphatic heterocycles. The molecule has 0 aliphatic carbocycles. The summed E-state index contributed by atoms with van der Waals surface area (Å²) >= 11 is -18.6. The Morgan fingerprint density at radius 2 is 0.412 bits per heavy atom. The van der Waals surface area contributed by atoms with Crippen LogP contribution < -0.4 is 14.4 Å². The maximum absolute atomic E-state index is 14.1. The Bertz CT molecular complexity index is 1070. The van der Waals surface area contributed by atoms with Crippen molar-refractivity contribution in [3.8, 4) is 0 Å². The molecule has 0 nitrogen and oxygen atoms in total. The van der Waals surface area contributed by atoms with Crippen LogP contribution in [0.15, 0.2) is 121 Å². The number of hydrogen-bond donors (Lipinski definition) is 0. The van der Waals surface area contributed by atoms with Crippen LogP contribution in [0.3, 0.4) is 0 Å². The monoisotopic (exact) mass is 720 g/mol. The van der Waals surface area contributed by atoms with Gasteiger partial charge < -0.3 is 0 Å². The molecule has 4 rings (SSSR count). The van der Waals surface area contributed by atoms with E-state index in [0.29, 0.717) is 0 Å². The second kappa shape index (κ2) is 7.70. The summed E-state index contributed by atoms with van der Waals surface area (Å²) < 4.78 is 108. The van der Waals surface area contributed by atoms with E-state index in [1.54, 1.807) is 0 Å². The summed E-state index contributed by atoms with van der Waals surface area (Å²) in [5.74, 6) is 0. The molecule has 0 unspecified atom stereocenters. The van der Waals surface area contributed by atoms with E-state index >= 15 is 0 Å². The van der Waals surface area contributed by atoms with Gasteiger partial charge in [0.2, 0.25) is 0 Å². The average Bonchev–Trinajstić information content (AvgIpc) is 2.81. The molecule has 184 valence electrons. The van der Waals surface area contributed by atoms with Crippen molar-refractivity contribution >= 4 is 49.9 Å². The summed E-state index contributed by atoms with van der Waals surface area (Å²) in [6, 6.07) is 21.6. The molecule has 0 spiro atoms. The van der Waals surface area contributed by atoms with Crippen molar-refractivity contribution in [2.24, 2.45) is 0 Å². The third-order valence-electron chi connectivity index (χ3n) is 4.87. The topological polar surface area (TPSA) is 0 Å². The van der Waals surface area contributed by atoms with E-state index in [0.717, 1.165) is 48.5 Å². The first-order valence-electron chi connectivity index (χ1n) is 9.69. The van der Waals surface area contributed by atoms with Gasteiger partial charge in [-0.3, -0.25) is 0 Å². The molecule has 0 atom stereocenters. The zero-order valence-corrected chi connectivity index (χ0v) is 22.0. The quantitative estimate of drug-likeness (QED) is 0.179. The van der Waals surface area contributed by atoms with Gasteiger partial charge >= 0.3 is 194 Å². The molecule has 0 radical (unpaired) electrons. The minimum absolute atomic E-state index is 0.790. The van der Waals surface area contributed by atoms with Gasteiger partial charge in [0.05, 0.1) is 0 Å². The number of halogens is 8. The first-order chi connectivity index (χ1) is 15.5. The Hall–Kier alpha value is -2.10. The van der Waals surface area contributed by atoms with Crippen LogP contribution >= 0.6 is 0 Å². The first kappa shape index (κ1) is 26.5.